The third-order valence-corrected chi connectivity index (χ3v) is 3.31. The van der Waals surface area contributed by atoms with E-state index >= 15 is 0 Å². The highest BCUT2D eigenvalue weighted by atomic mass is 16.5. The summed E-state index contributed by atoms with van der Waals surface area (Å²) in [6.07, 6.45) is 7.68. The summed E-state index contributed by atoms with van der Waals surface area (Å²) in [6, 6.07) is 0.262. The van der Waals surface area contributed by atoms with Gasteiger partial charge in [0.05, 0.1) is 19.1 Å². The Hall–Kier alpha value is -1.36. The molecule has 5 nitrogen and oxygen atoms in total. The number of rotatable bonds is 7. The fraction of sp³-hybridized carbons (Fsp3) is 0.714. The van der Waals surface area contributed by atoms with E-state index in [-0.39, 0.29) is 25.2 Å². The second kappa shape index (κ2) is 6.70. The third kappa shape index (κ3) is 4.35. The van der Waals surface area contributed by atoms with Gasteiger partial charge in [-0.1, -0.05) is 6.92 Å². The number of imidazole rings is 1. The van der Waals surface area contributed by atoms with Gasteiger partial charge in [-0.15, -0.1) is 0 Å². The molecular weight excluding hydrogens is 244 g/mol. The molecule has 0 bridgehead atoms. The fourth-order valence-electron chi connectivity index (χ4n) is 2.15. The number of aromatic nitrogens is 2. The molecule has 0 aliphatic heterocycles. The van der Waals surface area contributed by atoms with Crippen LogP contribution in [0.2, 0.25) is 0 Å². The summed E-state index contributed by atoms with van der Waals surface area (Å²) in [4.78, 5) is 12.0. The SMILES string of the molecule is CCC(CC(C)(C)C(=O)OCCO)n1cc[n+](C)c1. The summed E-state index contributed by atoms with van der Waals surface area (Å²) in [6.45, 7) is 5.82. The number of aryl methyl sites for hydroxylation is 1. The predicted octanol–water partition coefficient (Wildman–Crippen LogP) is 1.22. The van der Waals surface area contributed by atoms with Crippen molar-refractivity contribution in [1.29, 1.82) is 0 Å². The van der Waals surface area contributed by atoms with Gasteiger partial charge in [-0.3, -0.25) is 4.79 Å². The highest BCUT2D eigenvalue weighted by molar-refractivity contribution is 5.75. The maximum absolute atomic E-state index is 12.0. The fourth-order valence-corrected chi connectivity index (χ4v) is 2.15. The second-order valence-electron chi connectivity index (χ2n) is 5.54. The average Bonchev–Trinajstić information content (AvgIpc) is 2.79. The number of carbonyl (C=O) groups is 1. The molecule has 0 radical (unpaired) electrons. The topological polar surface area (TPSA) is 55.3 Å². The molecule has 0 fully saturated rings. The Morgan fingerprint density at radius 2 is 2.21 bits per heavy atom. The minimum atomic E-state index is -0.557. The first kappa shape index (κ1) is 15.7. The van der Waals surface area contributed by atoms with Crippen molar-refractivity contribution in [2.75, 3.05) is 13.2 Å². The van der Waals surface area contributed by atoms with Crippen LogP contribution in [0.25, 0.3) is 0 Å². The van der Waals surface area contributed by atoms with Crippen molar-refractivity contribution in [3.8, 4) is 0 Å². The molecular formula is C14H25N2O3+. The molecule has 5 heteroatoms. The zero-order valence-corrected chi connectivity index (χ0v) is 12.3. The molecule has 0 aliphatic carbocycles. The number of nitrogens with zero attached hydrogens (tertiary/aromatic N) is 2. The van der Waals surface area contributed by atoms with Crippen LogP contribution in [-0.4, -0.2) is 28.9 Å². The van der Waals surface area contributed by atoms with E-state index in [1.165, 1.54) is 0 Å². The zero-order valence-electron chi connectivity index (χ0n) is 12.3. The average molecular weight is 269 g/mol. The Bertz CT molecular complexity index is 413. The van der Waals surface area contributed by atoms with Crippen molar-refractivity contribution >= 4 is 5.97 Å². The van der Waals surface area contributed by atoms with Crippen molar-refractivity contribution in [3.05, 3.63) is 18.7 Å². The number of aliphatic hydroxyl groups is 1. The summed E-state index contributed by atoms with van der Waals surface area (Å²) in [5.74, 6) is -0.253. The van der Waals surface area contributed by atoms with Gasteiger partial charge in [-0.2, -0.15) is 0 Å². The molecule has 0 aliphatic rings. The Balaban J connectivity index is 2.71. The number of hydrogen-bond acceptors (Lipinski definition) is 3. The van der Waals surface area contributed by atoms with Crippen molar-refractivity contribution < 1.29 is 19.2 Å². The monoisotopic (exact) mass is 269 g/mol. The van der Waals surface area contributed by atoms with Crippen molar-refractivity contribution in [2.45, 2.75) is 39.7 Å². The molecule has 19 heavy (non-hydrogen) atoms. The summed E-state index contributed by atoms with van der Waals surface area (Å²) in [5, 5.41) is 8.71. The van der Waals surface area contributed by atoms with Gasteiger partial charge >= 0.3 is 5.97 Å². The Labute approximate surface area is 114 Å². The molecule has 1 rings (SSSR count). The molecule has 0 saturated carbocycles. The Kier molecular flexibility index (Phi) is 5.54. The Morgan fingerprint density at radius 3 is 2.68 bits per heavy atom. The summed E-state index contributed by atoms with van der Waals surface area (Å²) < 4.78 is 9.15. The van der Waals surface area contributed by atoms with Gasteiger partial charge in [0.15, 0.2) is 0 Å². The summed E-state index contributed by atoms with van der Waals surface area (Å²) >= 11 is 0. The lowest BCUT2D eigenvalue weighted by Gasteiger charge is -2.25. The zero-order chi connectivity index (χ0) is 14.5. The highest BCUT2D eigenvalue weighted by Gasteiger charge is 2.34. The molecule has 1 N–H and O–H groups in total. The van der Waals surface area contributed by atoms with E-state index in [4.69, 9.17) is 9.84 Å². The van der Waals surface area contributed by atoms with E-state index in [0.29, 0.717) is 6.42 Å². The molecule has 1 heterocycles. The van der Waals surface area contributed by atoms with Gasteiger partial charge < -0.3 is 9.84 Å². The molecule has 0 spiro atoms. The molecule has 1 aromatic heterocycles. The number of carbonyl (C=O) groups excluding carboxylic acids is 1. The lowest BCUT2D eigenvalue weighted by atomic mass is 9.85. The normalized spacial score (nSPS) is 13.3. The largest absolute Gasteiger partial charge is 0.463 e. The first-order chi connectivity index (χ1) is 8.90. The van der Waals surface area contributed by atoms with Crippen LogP contribution < -0.4 is 4.57 Å². The molecule has 0 aromatic carbocycles. The van der Waals surface area contributed by atoms with E-state index in [0.717, 1.165) is 6.42 Å². The highest BCUT2D eigenvalue weighted by Crippen LogP contribution is 2.31. The van der Waals surface area contributed by atoms with Crippen LogP contribution in [0.1, 0.15) is 39.7 Å². The first-order valence-electron chi connectivity index (χ1n) is 6.71. The molecule has 0 saturated heterocycles. The van der Waals surface area contributed by atoms with Gasteiger partial charge in [0.1, 0.15) is 25.0 Å². The van der Waals surface area contributed by atoms with E-state index in [1.807, 2.05) is 44.2 Å². The van der Waals surface area contributed by atoms with Crippen LogP contribution in [0.15, 0.2) is 18.7 Å². The van der Waals surface area contributed by atoms with Gasteiger partial charge in [0, 0.05) is 6.42 Å². The number of aliphatic hydroxyl groups excluding tert-OH is 1. The lowest BCUT2D eigenvalue weighted by molar-refractivity contribution is -0.671. The number of esters is 1. The quantitative estimate of drug-likeness (QED) is 0.598. The maximum Gasteiger partial charge on any atom is 0.311 e. The summed E-state index contributed by atoms with van der Waals surface area (Å²) in [7, 11) is 1.98. The van der Waals surface area contributed by atoms with Gasteiger partial charge in [-0.05, 0) is 20.3 Å². The van der Waals surface area contributed by atoms with Crippen LogP contribution in [0.5, 0.6) is 0 Å². The smallest absolute Gasteiger partial charge is 0.311 e. The molecule has 1 unspecified atom stereocenters. The van der Waals surface area contributed by atoms with E-state index < -0.39 is 5.41 Å². The lowest BCUT2D eigenvalue weighted by Crippen LogP contribution is -2.31. The van der Waals surface area contributed by atoms with Crippen LogP contribution in [0.4, 0.5) is 0 Å². The minimum absolute atomic E-state index is 0.0670. The first-order valence-corrected chi connectivity index (χ1v) is 6.71. The Morgan fingerprint density at radius 1 is 1.53 bits per heavy atom. The van der Waals surface area contributed by atoms with Crippen LogP contribution >= 0.6 is 0 Å². The van der Waals surface area contributed by atoms with E-state index in [2.05, 4.69) is 11.5 Å². The summed E-state index contributed by atoms with van der Waals surface area (Å²) in [5.41, 5.74) is -0.557. The van der Waals surface area contributed by atoms with Gasteiger partial charge in [-0.25, -0.2) is 9.13 Å². The van der Waals surface area contributed by atoms with E-state index in [9.17, 15) is 4.79 Å². The van der Waals surface area contributed by atoms with Crippen molar-refractivity contribution in [3.63, 3.8) is 0 Å². The second-order valence-corrected chi connectivity index (χ2v) is 5.54. The molecule has 1 aromatic rings. The van der Waals surface area contributed by atoms with Crippen LogP contribution in [0, 0.1) is 5.41 Å². The molecule has 0 amide bonds. The van der Waals surface area contributed by atoms with Crippen molar-refractivity contribution in [2.24, 2.45) is 12.5 Å². The third-order valence-electron chi connectivity index (χ3n) is 3.31. The number of hydrogen-bond donors (Lipinski definition) is 1. The van der Waals surface area contributed by atoms with Gasteiger partial charge in [0.25, 0.3) is 0 Å². The van der Waals surface area contributed by atoms with Gasteiger partial charge in [0.2, 0.25) is 6.33 Å². The standard InChI is InChI=1S/C14H25N2O3/c1-5-12(16-7-6-15(4)11-16)10-14(2,3)13(18)19-9-8-17/h6-7,11-12,17H,5,8-10H2,1-4H3/q+1. The maximum atomic E-state index is 12.0. The minimum Gasteiger partial charge on any atom is -0.463 e. The molecule has 1 atom stereocenters. The predicted molar refractivity (Wildman–Crippen MR) is 71.4 cm³/mol. The molecule has 108 valence electrons. The number of ether oxygens (including phenoxy) is 1. The van der Waals surface area contributed by atoms with E-state index in [1.54, 1.807) is 0 Å². The van der Waals surface area contributed by atoms with Crippen LogP contribution in [-0.2, 0) is 16.6 Å². The van der Waals surface area contributed by atoms with Crippen molar-refractivity contribution in [1.82, 2.24) is 4.57 Å². The van der Waals surface area contributed by atoms with Crippen LogP contribution in [0.3, 0.4) is 0 Å².